The van der Waals surface area contributed by atoms with Crippen LogP contribution in [0.25, 0.3) is 0 Å². The minimum Gasteiger partial charge on any atom is -0.297 e. The van der Waals surface area contributed by atoms with Gasteiger partial charge < -0.3 is 0 Å². The second kappa shape index (κ2) is 4.32. The van der Waals surface area contributed by atoms with Crippen LogP contribution in [0.5, 0.6) is 0 Å². The molecule has 1 atom stereocenters. The second-order valence-corrected chi connectivity index (χ2v) is 3.30. The standard InChI is InChI=1S/C10H17N/c1-9-5-3-4-6-10(9)7-8-11-2/h7-9H,3-6H2,1-2H3/b10-7-,11-8?. The Balaban J connectivity index is 2.53. The molecule has 0 spiro atoms. The van der Waals surface area contributed by atoms with Crippen molar-refractivity contribution in [2.45, 2.75) is 32.6 Å². The van der Waals surface area contributed by atoms with Crippen molar-refractivity contribution in [1.29, 1.82) is 0 Å². The molecule has 0 aliphatic heterocycles. The first-order chi connectivity index (χ1) is 5.34. The summed E-state index contributed by atoms with van der Waals surface area (Å²) in [6, 6.07) is 0. The van der Waals surface area contributed by atoms with Gasteiger partial charge in [0, 0.05) is 13.3 Å². The fourth-order valence-corrected chi connectivity index (χ4v) is 1.63. The summed E-state index contributed by atoms with van der Waals surface area (Å²) in [5.74, 6) is 0.793. The number of hydrogen-bond donors (Lipinski definition) is 0. The van der Waals surface area contributed by atoms with Crippen molar-refractivity contribution < 1.29 is 0 Å². The minimum atomic E-state index is 0.793. The van der Waals surface area contributed by atoms with Gasteiger partial charge in [-0.1, -0.05) is 18.9 Å². The quantitative estimate of drug-likeness (QED) is 0.511. The molecule has 1 unspecified atom stereocenters. The zero-order valence-electron chi connectivity index (χ0n) is 7.51. The Morgan fingerprint density at radius 1 is 1.45 bits per heavy atom. The van der Waals surface area contributed by atoms with Crippen molar-refractivity contribution >= 4 is 6.21 Å². The Morgan fingerprint density at radius 2 is 2.27 bits per heavy atom. The van der Waals surface area contributed by atoms with E-state index in [0.717, 1.165) is 5.92 Å². The molecule has 1 aliphatic rings. The van der Waals surface area contributed by atoms with Crippen LogP contribution in [0.1, 0.15) is 32.6 Å². The van der Waals surface area contributed by atoms with Gasteiger partial charge in [0.25, 0.3) is 0 Å². The highest BCUT2D eigenvalue weighted by molar-refractivity contribution is 5.72. The van der Waals surface area contributed by atoms with Crippen LogP contribution in [0, 0.1) is 5.92 Å². The van der Waals surface area contributed by atoms with E-state index in [1.54, 1.807) is 5.57 Å². The number of allylic oxidation sites excluding steroid dienone is 2. The van der Waals surface area contributed by atoms with Crippen molar-refractivity contribution in [3.63, 3.8) is 0 Å². The first-order valence-corrected chi connectivity index (χ1v) is 4.46. The van der Waals surface area contributed by atoms with E-state index in [-0.39, 0.29) is 0 Å². The lowest BCUT2D eigenvalue weighted by molar-refractivity contribution is 0.484. The zero-order valence-corrected chi connectivity index (χ0v) is 7.51. The van der Waals surface area contributed by atoms with Gasteiger partial charge in [0.2, 0.25) is 0 Å². The van der Waals surface area contributed by atoms with Crippen LogP contribution in [0.15, 0.2) is 16.6 Å². The van der Waals surface area contributed by atoms with Crippen molar-refractivity contribution in [2.75, 3.05) is 7.05 Å². The molecule has 0 radical (unpaired) electrons. The number of rotatable bonds is 1. The maximum atomic E-state index is 3.96. The Hall–Kier alpha value is -0.590. The summed E-state index contributed by atoms with van der Waals surface area (Å²) >= 11 is 0. The monoisotopic (exact) mass is 151 g/mol. The average molecular weight is 151 g/mol. The van der Waals surface area contributed by atoms with E-state index >= 15 is 0 Å². The lowest BCUT2D eigenvalue weighted by atomic mass is 9.85. The fraction of sp³-hybridized carbons (Fsp3) is 0.700. The molecule has 0 bridgehead atoms. The number of hydrogen-bond acceptors (Lipinski definition) is 1. The first-order valence-electron chi connectivity index (χ1n) is 4.46. The summed E-state index contributed by atoms with van der Waals surface area (Å²) in [6.07, 6.45) is 9.52. The SMILES string of the molecule is CN=C/C=C1/CCCCC1C. The van der Waals surface area contributed by atoms with Crippen LogP contribution < -0.4 is 0 Å². The van der Waals surface area contributed by atoms with E-state index in [0.29, 0.717) is 0 Å². The van der Waals surface area contributed by atoms with Crippen LogP contribution in [0.4, 0.5) is 0 Å². The van der Waals surface area contributed by atoms with Gasteiger partial charge in [0.05, 0.1) is 0 Å². The molecule has 0 aromatic carbocycles. The summed E-state index contributed by atoms with van der Waals surface area (Å²) in [7, 11) is 1.82. The summed E-state index contributed by atoms with van der Waals surface area (Å²) < 4.78 is 0. The third-order valence-electron chi connectivity index (χ3n) is 2.42. The van der Waals surface area contributed by atoms with E-state index in [1.165, 1.54) is 25.7 Å². The van der Waals surface area contributed by atoms with Gasteiger partial charge in [0.1, 0.15) is 0 Å². The van der Waals surface area contributed by atoms with Crippen LogP contribution in [0.3, 0.4) is 0 Å². The highest BCUT2D eigenvalue weighted by Crippen LogP contribution is 2.28. The van der Waals surface area contributed by atoms with Crippen molar-refractivity contribution in [3.05, 3.63) is 11.6 Å². The average Bonchev–Trinajstić information content (AvgIpc) is 2.03. The molecular formula is C10H17N. The third kappa shape index (κ3) is 2.49. The summed E-state index contributed by atoms with van der Waals surface area (Å²) in [4.78, 5) is 3.96. The molecule has 0 aromatic rings. The van der Waals surface area contributed by atoms with E-state index < -0.39 is 0 Å². The van der Waals surface area contributed by atoms with Crippen LogP contribution in [-0.4, -0.2) is 13.3 Å². The molecule has 1 saturated carbocycles. The maximum Gasteiger partial charge on any atom is 0.0277 e. The zero-order chi connectivity index (χ0) is 8.10. The molecule has 1 nitrogen and oxygen atoms in total. The van der Waals surface area contributed by atoms with E-state index in [9.17, 15) is 0 Å². The summed E-state index contributed by atoms with van der Waals surface area (Å²) in [5.41, 5.74) is 1.59. The van der Waals surface area contributed by atoms with Gasteiger partial charge in [-0.3, -0.25) is 4.99 Å². The van der Waals surface area contributed by atoms with E-state index in [1.807, 2.05) is 13.3 Å². The molecule has 1 fully saturated rings. The van der Waals surface area contributed by atoms with Gasteiger partial charge in [-0.05, 0) is 31.3 Å². The van der Waals surface area contributed by atoms with E-state index in [4.69, 9.17) is 0 Å². The van der Waals surface area contributed by atoms with Gasteiger partial charge in [-0.25, -0.2) is 0 Å². The third-order valence-corrected chi connectivity index (χ3v) is 2.42. The van der Waals surface area contributed by atoms with Crippen molar-refractivity contribution in [3.8, 4) is 0 Å². The van der Waals surface area contributed by atoms with Crippen molar-refractivity contribution in [1.82, 2.24) is 0 Å². The number of aliphatic imine (C=N–C) groups is 1. The summed E-state index contributed by atoms with van der Waals surface area (Å²) in [5, 5.41) is 0. The van der Waals surface area contributed by atoms with Gasteiger partial charge in [0.15, 0.2) is 0 Å². The Labute approximate surface area is 69.2 Å². The molecular weight excluding hydrogens is 134 g/mol. The molecule has 0 N–H and O–H groups in total. The molecule has 1 aliphatic carbocycles. The highest BCUT2D eigenvalue weighted by atomic mass is 14.6. The van der Waals surface area contributed by atoms with E-state index in [2.05, 4.69) is 18.0 Å². The summed E-state index contributed by atoms with van der Waals surface area (Å²) in [6.45, 7) is 2.31. The van der Waals surface area contributed by atoms with Gasteiger partial charge >= 0.3 is 0 Å². The lowest BCUT2D eigenvalue weighted by Crippen LogP contribution is -2.05. The molecule has 0 saturated heterocycles. The normalized spacial score (nSPS) is 30.0. The molecule has 0 aromatic heterocycles. The molecule has 1 rings (SSSR count). The maximum absolute atomic E-state index is 3.96. The minimum absolute atomic E-state index is 0.793. The highest BCUT2D eigenvalue weighted by Gasteiger charge is 2.12. The predicted molar refractivity (Wildman–Crippen MR) is 50.1 cm³/mol. The largest absolute Gasteiger partial charge is 0.297 e. The fourth-order valence-electron chi connectivity index (χ4n) is 1.63. The van der Waals surface area contributed by atoms with Gasteiger partial charge in [-0.2, -0.15) is 0 Å². The number of nitrogens with zero attached hydrogens (tertiary/aromatic N) is 1. The Morgan fingerprint density at radius 3 is 2.91 bits per heavy atom. The van der Waals surface area contributed by atoms with Crippen LogP contribution >= 0.6 is 0 Å². The van der Waals surface area contributed by atoms with Crippen LogP contribution in [-0.2, 0) is 0 Å². The van der Waals surface area contributed by atoms with Crippen LogP contribution in [0.2, 0.25) is 0 Å². The molecule has 0 amide bonds. The van der Waals surface area contributed by atoms with Gasteiger partial charge in [-0.15, -0.1) is 0 Å². The predicted octanol–water partition coefficient (Wildman–Crippen LogP) is 2.82. The molecule has 0 heterocycles. The van der Waals surface area contributed by atoms with Crippen molar-refractivity contribution in [2.24, 2.45) is 10.9 Å². The Bertz CT molecular complexity index is 168. The second-order valence-electron chi connectivity index (χ2n) is 3.30. The lowest BCUT2D eigenvalue weighted by Gasteiger charge is -2.20. The topological polar surface area (TPSA) is 12.4 Å². The molecule has 11 heavy (non-hydrogen) atoms. The molecule has 1 heteroatoms. The molecule has 62 valence electrons. The Kier molecular flexibility index (Phi) is 3.34. The smallest absolute Gasteiger partial charge is 0.0277 e. The first kappa shape index (κ1) is 8.51.